The lowest BCUT2D eigenvalue weighted by Gasteiger charge is -2.16. The lowest BCUT2D eigenvalue weighted by molar-refractivity contribution is -0.130. The molecule has 0 aliphatic carbocycles. The summed E-state index contributed by atoms with van der Waals surface area (Å²) in [5.74, 6) is 0.771. The summed E-state index contributed by atoms with van der Waals surface area (Å²) < 4.78 is 0. The standard InChI is InChI=1S/C12H17ClN2O/c1-15(12(16)7-2-4-8-13)10-11-6-3-5-9-14-11/h3,5-6,9H,2,4,7-8,10H2,1H3. The van der Waals surface area contributed by atoms with Crippen molar-refractivity contribution in [1.29, 1.82) is 0 Å². The predicted molar refractivity (Wildman–Crippen MR) is 65.3 cm³/mol. The highest BCUT2D eigenvalue weighted by Gasteiger charge is 2.08. The van der Waals surface area contributed by atoms with Crippen LogP contribution in [0.1, 0.15) is 25.0 Å². The van der Waals surface area contributed by atoms with E-state index in [2.05, 4.69) is 4.98 Å². The minimum atomic E-state index is 0.149. The Bertz CT molecular complexity index is 316. The molecule has 0 radical (unpaired) electrons. The molecule has 0 aliphatic heterocycles. The topological polar surface area (TPSA) is 33.2 Å². The second-order valence-corrected chi connectivity index (χ2v) is 4.09. The van der Waals surface area contributed by atoms with Gasteiger partial charge in [-0.1, -0.05) is 6.07 Å². The highest BCUT2D eigenvalue weighted by molar-refractivity contribution is 6.17. The number of pyridine rings is 1. The van der Waals surface area contributed by atoms with E-state index in [1.165, 1.54) is 0 Å². The monoisotopic (exact) mass is 240 g/mol. The van der Waals surface area contributed by atoms with Crippen molar-refractivity contribution in [3.8, 4) is 0 Å². The van der Waals surface area contributed by atoms with Gasteiger partial charge in [0.2, 0.25) is 5.91 Å². The Hall–Kier alpha value is -1.09. The first kappa shape index (κ1) is 13.0. The summed E-state index contributed by atoms with van der Waals surface area (Å²) in [5, 5.41) is 0. The van der Waals surface area contributed by atoms with Gasteiger partial charge in [-0.25, -0.2) is 0 Å². The predicted octanol–water partition coefficient (Wildman–Crippen LogP) is 2.45. The van der Waals surface area contributed by atoms with Crippen molar-refractivity contribution >= 4 is 17.5 Å². The lowest BCUT2D eigenvalue weighted by atomic mass is 10.2. The van der Waals surface area contributed by atoms with Crippen molar-refractivity contribution in [3.05, 3.63) is 30.1 Å². The van der Waals surface area contributed by atoms with Crippen LogP contribution in [0.15, 0.2) is 24.4 Å². The summed E-state index contributed by atoms with van der Waals surface area (Å²) >= 11 is 5.56. The minimum absolute atomic E-state index is 0.149. The zero-order valence-corrected chi connectivity index (χ0v) is 10.3. The molecular weight excluding hydrogens is 224 g/mol. The summed E-state index contributed by atoms with van der Waals surface area (Å²) in [5.41, 5.74) is 0.913. The Kier molecular flexibility index (Phi) is 5.86. The van der Waals surface area contributed by atoms with Gasteiger partial charge in [0, 0.05) is 25.5 Å². The van der Waals surface area contributed by atoms with E-state index in [4.69, 9.17) is 11.6 Å². The Morgan fingerprint density at radius 2 is 2.25 bits per heavy atom. The zero-order chi connectivity index (χ0) is 11.8. The van der Waals surface area contributed by atoms with E-state index in [1.54, 1.807) is 18.1 Å². The van der Waals surface area contributed by atoms with E-state index in [9.17, 15) is 4.79 Å². The number of unbranched alkanes of at least 4 members (excludes halogenated alkanes) is 1. The molecule has 0 bridgehead atoms. The number of carbonyl (C=O) groups excluding carboxylic acids is 1. The van der Waals surface area contributed by atoms with E-state index < -0.39 is 0 Å². The molecule has 1 aromatic rings. The van der Waals surface area contributed by atoms with E-state index in [-0.39, 0.29) is 5.91 Å². The number of aromatic nitrogens is 1. The van der Waals surface area contributed by atoms with Gasteiger partial charge in [-0.15, -0.1) is 11.6 Å². The molecule has 0 spiro atoms. The number of nitrogens with zero attached hydrogens (tertiary/aromatic N) is 2. The van der Waals surface area contributed by atoms with Crippen LogP contribution in [0.2, 0.25) is 0 Å². The molecule has 0 unspecified atom stereocenters. The average molecular weight is 241 g/mol. The van der Waals surface area contributed by atoms with E-state index >= 15 is 0 Å². The van der Waals surface area contributed by atoms with Crippen molar-refractivity contribution in [1.82, 2.24) is 9.88 Å². The van der Waals surface area contributed by atoms with Crippen LogP contribution in [0.3, 0.4) is 0 Å². The number of carbonyl (C=O) groups is 1. The Balaban J connectivity index is 2.34. The van der Waals surface area contributed by atoms with Gasteiger partial charge in [-0.3, -0.25) is 9.78 Å². The number of hydrogen-bond donors (Lipinski definition) is 0. The van der Waals surface area contributed by atoms with Crippen LogP contribution in [0, 0.1) is 0 Å². The molecule has 88 valence electrons. The second-order valence-electron chi connectivity index (χ2n) is 3.72. The SMILES string of the molecule is CN(Cc1ccccn1)C(=O)CCCCCl. The molecule has 0 atom stereocenters. The van der Waals surface area contributed by atoms with Gasteiger partial charge in [0.25, 0.3) is 0 Å². The Morgan fingerprint density at radius 1 is 1.44 bits per heavy atom. The highest BCUT2D eigenvalue weighted by atomic mass is 35.5. The number of hydrogen-bond acceptors (Lipinski definition) is 2. The maximum Gasteiger partial charge on any atom is 0.222 e. The number of amides is 1. The third-order valence-electron chi connectivity index (χ3n) is 2.33. The summed E-state index contributed by atoms with van der Waals surface area (Å²) in [4.78, 5) is 17.6. The normalized spacial score (nSPS) is 10.1. The second kappa shape index (κ2) is 7.23. The number of halogens is 1. The van der Waals surface area contributed by atoms with Crippen molar-refractivity contribution in [2.45, 2.75) is 25.8 Å². The molecule has 16 heavy (non-hydrogen) atoms. The fraction of sp³-hybridized carbons (Fsp3) is 0.500. The Morgan fingerprint density at radius 3 is 2.88 bits per heavy atom. The van der Waals surface area contributed by atoms with Crippen LogP contribution < -0.4 is 0 Å². The van der Waals surface area contributed by atoms with Gasteiger partial charge in [0.15, 0.2) is 0 Å². The van der Waals surface area contributed by atoms with E-state index in [0.29, 0.717) is 18.8 Å². The summed E-state index contributed by atoms with van der Waals surface area (Å²) in [7, 11) is 1.80. The van der Waals surface area contributed by atoms with Crippen molar-refractivity contribution in [3.63, 3.8) is 0 Å². The fourth-order valence-corrected chi connectivity index (χ4v) is 1.57. The van der Waals surface area contributed by atoms with Gasteiger partial charge < -0.3 is 4.90 Å². The van der Waals surface area contributed by atoms with E-state index in [1.807, 2.05) is 18.2 Å². The smallest absolute Gasteiger partial charge is 0.222 e. The van der Waals surface area contributed by atoms with Crippen LogP contribution in [-0.4, -0.2) is 28.7 Å². The molecule has 0 fully saturated rings. The molecule has 1 aromatic heterocycles. The maximum atomic E-state index is 11.7. The Labute approximate surface area is 101 Å². The average Bonchev–Trinajstić information content (AvgIpc) is 2.30. The van der Waals surface area contributed by atoms with Gasteiger partial charge in [0.05, 0.1) is 12.2 Å². The van der Waals surface area contributed by atoms with Crippen LogP contribution in [-0.2, 0) is 11.3 Å². The molecular formula is C12H17ClN2O. The van der Waals surface area contributed by atoms with Gasteiger partial charge in [-0.05, 0) is 25.0 Å². The van der Waals surface area contributed by atoms with Crippen molar-refractivity contribution in [2.24, 2.45) is 0 Å². The minimum Gasteiger partial charge on any atom is -0.340 e. The first-order chi connectivity index (χ1) is 7.74. The molecule has 0 saturated carbocycles. The zero-order valence-electron chi connectivity index (χ0n) is 9.53. The summed E-state index contributed by atoms with van der Waals surface area (Å²) in [6.45, 7) is 0.570. The van der Waals surface area contributed by atoms with Gasteiger partial charge in [-0.2, -0.15) is 0 Å². The third kappa shape index (κ3) is 4.62. The quantitative estimate of drug-likeness (QED) is 0.565. The van der Waals surface area contributed by atoms with Gasteiger partial charge in [0.1, 0.15) is 0 Å². The van der Waals surface area contributed by atoms with Crippen molar-refractivity contribution in [2.75, 3.05) is 12.9 Å². The molecule has 0 saturated heterocycles. The van der Waals surface area contributed by atoms with Crippen molar-refractivity contribution < 1.29 is 4.79 Å². The number of rotatable bonds is 6. The van der Waals surface area contributed by atoms with Gasteiger partial charge >= 0.3 is 0 Å². The maximum absolute atomic E-state index is 11.7. The largest absolute Gasteiger partial charge is 0.340 e. The molecule has 1 rings (SSSR count). The lowest BCUT2D eigenvalue weighted by Crippen LogP contribution is -2.26. The fourth-order valence-electron chi connectivity index (χ4n) is 1.38. The third-order valence-corrected chi connectivity index (χ3v) is 2.59. The molecule has 0 aliphatic rings. The van der Waals surface area contributed by atoms with Crippen LogP contribution in [0.4, 0.5) is 0 Å². The molecule has 1 amide bonds. The molecule has 3 nitrogen and oxygen atoms in total. The molecule has 0 aromatic carbocycles. The highest BCUT2D eigenvalue weighted by Crippen LogP contribution is 2.04. The first-order valence-electron chi connectivity index (χ1n) is 5.44. The summed E-state index contributed by atoms with van der Waals surface area (Å²) in [6.07, 6.45) is 4.05. The summed E-state index contributed by atoms with van der Waals surface area (Å²) in [6, 6.07) is 5.71. The molecule has 1 heterocycles. The van der Waals surface area contributed by atoms with Crippen LogP contribution >= 0.6 is 11.6 Å². The molecule has 0 N–H and O–H groups in total. The first-order valence-corrected chi connectivity index (χ1v) is 5.97. The van der Waals surface area contributed by atoms with E-state index in [0.717, 1.165) is 18.5 Å². The number of alkyl halides is 1. The molecule has 4 heteroatoms. The van der Waals surface area contributed by atoms with Crippen LogP contribution in [0.5, 0.6) is 0 Å². The van der Waals surface area contributed by atoms with Crippen LogP contribution in [0.25, 0.3) is 0 Å².